The van der Waals surface area contributed by atoms with Gasteiger partial charge in [0.15, 0.2) is 0 Å². The van der Waals surface area contributed by atoms with E-state index in [-0.39, 0.29) is 5.91 Å². The van der Waals surface area contributed by atoms with Crippen LogP contribution in [0.25, 0.3) is 0 Å². The second-order valence-corrected chi connectivity index (χ2v) is 5.41. The van der Waals surface area contributed by atoms with Crippen molar-refractivity contribution in [2.45, 2.75) is 19.9 Å². The van der Waals surface area contributed by atoms with E-state index in [4.69, 9.17) is 5.73 Å². The van der Waals surface area contributed by atoms with Crippen LogP contribution >= 0.6 is 11.3 Å². The molecule has 0 radical (unpaired) electrons. The maximum absolute atomic E-state index is 12.2. The predicted molar refractivity (Wildman–Crippen MR) is 79.4 cm³/mol. The van der Waals surface area contributed by atoms with Gasteiger partial charge in [-0.15, -0.1) is 11.3 Å². The monoisotopic (exact) mass is 274 g/mol. The molecule has 19 heavy (non-hydrogen) atoms. The van der Waals surface area contributed by atoms with E-state index < -0.39 is 0 Å². The van der Waals surface area contributed by atoms with Gasteiger partial charge in [0.2, 0.25) is 0 Å². The Bertz CT molecular complexity index is 563. The van der Waals surface area contributed by atoms with Gasteiger partial charge in [-0.2, -0.15) is 0 Å². The van der Waals surface area contributed by atoms with Crippen LogP contribution in [0.2, 0.25) is 0 Å². The molecule has 100 valence electrons. The van der Waals surface area contributed by atoms with Gasteiger partial charge in [0.25, 0.3) is 5.91 Å². The molecule has 0 saturated carbocycles. The first-order chi connectivity index (χ1) is 9.22. The number of hydrogen-bond acceptors (Lipinski definition) is 3. The summed E-state index contributed by atoms with van der Waals surface area (Å²) in [5.41, 5.74) is 8.52. The summed E-state index contributed by atoms with van der Waals surface area (Å²) in [6.07, 6.45) is 0.724. The largest absolute Gasteiger partial charge is 0.347 e. The molecular weight excluding hydrogens is 256 g/mol. The van der Waals surface area contributed by atoms with Crippen molar-refractivity contribution < 1.29 is 4.79 Å². The molecule has 0 saturated heterocycles. The lowest BCUT2D eigenvalue weighted by Crippen LogP contribution is -2.24. The minimum Gasteiger partial charge on any atom is -0.347 e. The van der Waals surface area contributed by atoms with E-state index in [0.29, 0.717) is 13.1 Å². The smallest absolute Gasteiger partial charge is 0.251 e. The van der Waals surface area contributed by atoms with E-state index >= 15 is 0 Å². The van der Waals surface area contributed by atoms with Gasteiger partial charge < -0.3 is 11.1 Å². The highest BCUT2D eigenvalue weighted by molar-refractivity contribution is 7.10. The van der Waals surface area contributed by atoms with E-state index in [1.54, 1.807) is 11.3 Å². The van der Waals surface area contributed by atoms with Gasteiger partial charge in [0.1, 0.15) is 0 Å². The van der Waals surface area contributed by atoms with Crippen molar-refractivity contribution in [1.82, 2.24) is 5.32 Å². The fourth-order valence-electron chi connectivity index (χ4n) is 1.96. The lowest BCUT2D eigenvalue weighted by molar-refractivity contribution is 0.0950. The number of nitrogens with one attached hydrogen (secondary N) is 1. The van der Waals surface area contributed by atoms with Gasteiger partial charge in [0.05, 0.1) is 6.54 Å². The number of carbonyl (C=O) groups is 1. The number of carbonyl (C=O) groups excluding carboxylic acids is 1. The van der Waals surface area contributed by atoms with Crippen molar-refractivity contribution in [3.8, 4) is 0 Å². The number of aryl methyl sites for hydroxylation is 1. The first-order valence-electron chi connectivity index (χ1n) is 6.31. The van der Waals surface area contributed by atoms with E-state index in [1.165, 1.54) is 10.4 Å². The van der Waals surface area contributed by atoms with Gasteiger partial charge in [-0.3, -0.25) is 4.79 Å². The van der Waals surface area contributed by atoms with Crippen LogP contribution in [0.5, 0.6) is 0 Å². The number of rotatable bonds is 5. The normalized spacial score (nSPS) is 10.4. The van der Waals surface area contributed by atoms with Gasteiger partial charge in [0, 0.05) is 10.4 Å². The van der Waals surface area contributed by atoms with Crippen LogP contribution in [-0.4, -0.2) is 12.5 Å². The van der Waals surface area contributed by atoms with Crippen LogP contribution in [-0.2, 0) is 13.0 Å². The molecule has 4 heteroatoms. The first-order valence-corrected chi connectivity index (χ1v) is 7.19. The average molecular weight is 274 g/mol. The number of amides is 1. The highest BCUT2D eigenvalue weighted by Gasteiger charge is 2.10. The van der Waals surface area contributed by atoms with Crippen LogP contribution in [0.4, 0.5) is 0 Å². The van der Waals surface area contributed by atoms with Gasteiger partial charge in [-0.1, -0.05) is 18.2 Å². The molecule has 2 aromatic rings. The van der Waals surface area contributed by atoms with Gasteiger partial charge >= 0.3 is 0 Å². The zero-order valence-corrected chi connectivity index (χ0v) is 11.8. The standard InChI is InChI=1S/C15H18N2OS/c1-11-7-9-19-14(11)10-17-15(18)13-5-3-2-4-12(13)6-8-16/h2-5,7,9H,6,8,10,16H2,1H3,(H,17,18). The Morgan fingerprint density at radius 1 is 1.32 bits per heavy atom. The minimum absolute atomic E-state index is 0.0307. The third-order valence-electron chi connectivity index (χ3n) is 3.05. The van der Waals surface area contributed by atoms with E-state index in [9.17, 15) is 4.79 Å². The van der Waals surface area contributed by atoms with E-state index in [2.05, 4.69) is 18.3 Å². The van der Waals surface area contributed by atoms with Crippen LogP contribution in [0, 0.1) is 6.92 Å². The Morgan fingerprint density at radius 3 is 2.79 bits per heavy atom. The van der Waals surface area contributed by atoms with Crippen LogP contribution in [0.15, 0.2) is 35.7 Å². The molecule has 0 atom stereocenters. The molecule has 0 aliphatic heterocycles. The summed E-state index contributed by atoms with van der Waals surface area (Å²) in [4.78, 5) is 13.4. The Morgan fingerprint density at radius 2 is 2.11 bits per heavy atom. The number of thiophene rings is 1. The molecular formula is C15H18N2OS. The highest BCUT2D eigenvalue weighted by Crippen LogP contribution is 2.15. The molecule has 1 aromatic carbocycles. The lowest BCUT2D eigenvalue weighted by atomic mass is 10.0. The van der Waals surface area contributed by atoms with E-state index in [0.717, 1.165) is 17.5 Å². The zero-order chi connectivity index (χ0) is 13.7. The molecule has 1 aromatic heterocycles. The van der Waals surface area contributed by atoms with Gasteiger partial charge in [-0.05, 0) is 48.5 Å². The van der Waals surface area contributed by atoms with Crippen molar-refractivity contribution in [2.75, 3.05) is 6.54 Å². The second kappa shape index (κ2) is 6.50. The molecule has 2 rings (SSSR count). The summed E-state index contributed by atoms with van der Waals surface area (Å²) >= 11 is 1.67. The summed E-state index contributed by atoms with van der Waals surface area (Å²) in [6, 6.07) is 9.69. The molecule has 0 spiro atoms. The van der Waals surface area contributed by atoms with E-state index in [1.807, 2.05) is 29.6 Å². The molecule has 3 nitrogen and oxygen atoms in total. The quantitative estimate of drug-likeness (QED) is 0.880. The molecule has 1 amide bonds. The molecule has 0 fully saturated rings. The minimum atomic E-state index is -0.0307. The van der Waals surface area contributed by atoms with Crippen LogP contribution < -0.4 is 11.1 Å². The third kappa shape index (κ3) is 3.43. The second-order valence-electron chi connectivity index (χ2n) is 4.41. The Kier molecular flexibility index (Phi) is 4.71. The van der Waals surface area contributed by atoms with Crippen molar-refractivity contribution in [1.29, 1.82) is 0 Å². The fraction of sp³-hybridized carbons (Fsp3) is 0.267. The van der Waals surface area contributed by atoms with Crippen molar-refractivity contribution in [2.24, 2.45) is 5.73 Å². The van der Waals surface area contributed by atoms with Crippen molar-refractivity contribution >= 4 is 17.2 Å². The third-order valence-corrected chi connectivity index (χ3v) is 4.08. The molecule has 0 aliphatic carbocycles. The maximum atomic E-state index is 12.2. The molecule has 0 unspecified atom stereocenters. The first kappa shape index (κ1) is 13.8. The predicted octanol–water partition coefficient (Wildman–Crippen LogP) is 2.49. The highest BCUT2D eigenvalue weighted by atomic mass is 32.1. The topological polar surface area (TPSA) is 55.1 Å². The summed E-state index contributed by atoms with van der Waals surface area (Å²) < 4.78 is 0. The van der Waals surface area contributed by atoms with Crippen LogP contribution in [0.3, 0.4) is 0 Å². The van der Waals surface area contributed by atoms with Crippen LogP contribution in [0.1, 0.15) is 26.4 Å². The Hall–Kier alpha value is -1.65. The van der Waals surface area contributed by atoms with Crippen molar-refractivity contribution in [3.05, 3.63) is 57.3 Å². The average Bonchev–Trinajstić information content (AvgIpc) is 2.82. The molecule has 0 aliphatic rings. The zero-order valence-electron chi connectivity index (χ0n) is 11.0. The summed E-state index contributed by atoms with van der Waals surface area (Å²) in [6.45, 7) is 3.19. The molecule has 3 N–H and O–H groups in total. The number of benzene rings is 1. The molecule has 1 heterocycles. The number of nitrogens with two attached hydrogens (primary N) is 1. The fourth-order valence-corrected chi connectivity index (χ4v) is 2.80. The Labute approximate surface area is 117 Å². The summed E-state index contributed by atoms with van der Waals surface area (Å²) in [7, 11) is 0. The van der Waals surface area contributed by atoms with Gasteiger partial charge in [-0.25, -0.2) is 0 Å². The molecule has 0 bridgehead atoms. The number of hydrogen-bond donors (Lipinski definition) is 2. The Balaban J connectivity index is 2.06. The summed E-state index contributed by atoms with van der Waals surface area (Å²) in [5, 5.41) is 5.01. The summed E-state index contributed by atoms with van der Waals surface area (Å²) in [5.74, 6) is -0.0307. The SMILES string of the molecule is Cc1ccsc1CNC(=O)c1ccccc1CCN. The van der Waals surface area contributed by atoms with Crippen molar-refractivity contribution in [3.63, 3.8) is 0 Å². The lowest BCUT2D eigenvalue weighted by Gasteiger charge is -2.09. The maximum Gasteiger partial charge on any atom is 0.251 e.